The molecule has 0 bridgehead atoms. The zero-order chi connectivity index (χ0) is 8.53. The number of thiocarbonyl (C=S) groups is 1. The van der Waals surface area contributed by atoms with Crippen LogP contribution >= 0.6 is 12.2 Å². The second-order valence-electron chi connectivity index (χ2n) is 2.81. The Labute approximate surface area is 75.6 Å². The number of rotatable bonds is 6. The molecule has 1 N–H and O–H groups in total. The van der Waals surface area contributed by atoms with Crippen molar-refractivity contribution in [3.63, 3.8) is 0 Å². The third-order valence-electron chi connectivity index (χ3n) is 1.61. The predicted octanol–water partition coefficient (Wildman–Crippen LogP) is 2.89. The SMILES string of the molecule is CCCCNC(=S)CCCC. The molecule has 0 aromatic rings. The van der Waals surface area contributed by atoms with Gasteiger partial charge >= 0.3 is 0 Å². The van der Waals surface area contributed by atoms with Gasteiger partial charge in [0.2, 0.25) is 0 Å². The molecule has 0 atom stereocenters. The van der Waals surface area contributed by atoms with Gasteiger partial charge in [0.15, 0.2) is 0 Å². The highest BCUT2D eigenvalue weighted by Gasteiger charge is 1.92. The van der Waals surface area contributed by atoms with E-state index in [-0.39, 0.29) is 0 Å². The summed E-state index contributed by atoms with van der Waals surface area (Å²) in [6, 6.07) is 0. The number of nitrogens with one attached hydrogen (secondary N) is 1. The van der Waals surface area contributed by atoms with Gasteiger partial charge in [0.25, 0.3) is 0 Å². The fourth-order valence-corrected chi connectivity index (χ4v) is 1.08. The van der Waals surface area contributed by atoms with E-state index in [1.807, 2.05) is 0 Å². The van der Waals surface area contributed by atoms with Gasteiger partial charge in [-0.15, -0.1) is 0 Å². The second-order valence-corrected chi connectivity index (χ2v) is 3.30. The maximum atomic E-state index is 5.12. The van der Waals surface area contributed by atoms with Crippen molar-refractivity contribution >= 4 is 17.2 Å². The lowest BCUT2D eigenvalue weighted by Gasteiger charge is -2.05. The number of hydrogen-bond acceptors (Lipinski definition) is 1. The van der Waals surface area contributed by atoms with Gasteiger partial charge in [0.1, 0.15) is 0 Å². The predicted molar refractivity (Wildman–Crippen MR) is 55.0 cm³/mol. The van der Waals surface area contributed by atoms with Crippen molar-refractivity contribution in [1.29, 1.82) is 0 Å². The molecule has 11 heavy (non-hydrogen) atoms. The summed E-state index contributed by atoms with van der Waals surface area (Å²) in [5, 5.41) is 3.25. The monoisotopic (exact) mass is 173 g/mol. The van der Waals surface area contributed by atoms with E-state index < -0.39 is 0 Å². The minimum Gasteiger partial charge on any atom is -0.380 e. The highest BCUT2D eigenvalue weighted by Crippen LogP contribution is 1.95. The quantitative estimate of drug-likeness (QED) is 0.489. The van der Waals surface area contributed by atoms with Crippen LogP contribution in [0.3, 0.4) is 0 Å². The molecule has 0 aliphatic rings. The lowest BCUT2D eigenvalue weighted by molar-refractivity contribution is 0.740. The second kappa shape index (κ2) is 7.99. The first-order chi connectivity index (χ1) is 5.31. The van der Waals surface area contributed by atoms with E-state index in [4.69, 9.17) is 12.2 Å². The maximum Gasteiger partial charge on any atom is 0.0753 e. The van der Waals surface area contributed by atoms with E-state index >= 15 is 0 Å². The Bertz CT molecular complexity index is 102. The highest BCUT2D eigenvalue weighted by molar-refractivity contribution is 7.80. The first-order valence-electron chi connectivity index (χ1n) is 4.58. The molecule has 0 unspecified atom stereocenters. The molecule has 2 heteroatoms. The van der Waals surface area contributed by atoms with Crippen LogP contribution in [0.4, 0.5) is 0 Å². The van der Waals surface area contributed by atoms with Gasteiger partial charge in [-0.3, -0.25) is 0 Å². The van der Waals surface area contributed by atoms with E-state index in [1.165, 1.54) is 25.7 Å². The topological polar surface area (TPSA) is 12.0 Å². The van der Waals surface area contributed by atoms with Gasteiger partial charge in [0.05, 0.1) is 4.99 Å². The van der Waals surface area contributed by atoms with Crippen LogP contribution in [0.1, 0.15) is 46.0 Å². The van der Waals surface area contributed by atoms with Gasteiger partial charge in [-0.1, -0.05) is 38.9 Å². The van der Waals surface area contributed by atoms with Gasteiger partial charge < -0.3 is 5.32 Å². The summed E-state index contributed by atoms with van der Waals surface area (Å²) in [4.78, 5) is 1.04. The van der Waals surface area contributed by atoms with Crippen molar-refractivity contribution in [2.45, 2.75) is 46.0 Å². The van der Waals surface area contributed by atoms with Crippen molar-refractivity contribution in [2.75, 3.05) is 6.54 Å². The first kappa shape index (κ1) is 10.9. The Morgan fingerprint density at radius 2 is 1.82 bits per heavy atom. The molecule has 1 nitrogen and oxygen atoms in total. The van der Waals surface area contributed by atoms with E-state index in [0.29, 0.717) is 0 Å². The lowest BCUT2D eigenvalue weighted by Crippen LogP contribution is -2.21. The van der Waals surface area contributed by atoms with E-state index in [1.54, 1.807) is 0 Å². The van der Waals surface area contributed by atoms with Crippen LogP contribution in [-0.4, -0.2) is 11.5 Å². The van der Waals surface area contributed by atoms with Crippen LogP contribution in [0, 0.1) is 0 Å². The molecule has 0 saturated carbocycles. The standard InChI is InChI=1S/C9H19NS/c1-3-5-7-9(11)10-8-6-4-2/h3-8H2,1-2H3,(H,10,11). The molecular formula is C9H19NS. The summed E-state index contributed by atoms with van der Waals surface area (Å²) in [6.45, 7) is 5.43. The Balaban J connectivity index is 3.09. The summed E-state index contributed by atoms with van der Waals surface area (Å²) in [5.74, 6) is 0. The zero-order valence-corrected chi connectivity index (χ0v) is 8.47. The van der Waals surface area contributed by atoms with Crippen molar-refractivity contribution in [1.82, 2.24) is 5.32 Å². The number of unbranched alkanes of at least 4 members (excludes halogenated alkanes) is 2. The molecule has 0 amide bonds. The third-order valence-corrected chi connectivity index (χ3v) is 1.96. The molecule has 0 aliphatic carbocycles. The average molecular weight is 173 g/mol. The Morgan fingerprint density at radius 1 is 1.18 bits per heavy atom. The highest BCUT2D eigenvalue weighted by atomic mass is 32.1. The van der Waals surface area contributed by atoms with Gasteiger partial charge in [0, 0.05) is 6.54 Å². The van der Waals surface area contributed by atoms with E-state index in [9.17, 15) is 0 Å². The molecule has 0 spiro atoms. The molecule has 0 saturated heterocycles. The minimum absolute atomic E-state index is 1.04. The van der Waals surface area contributed by atoms with Crippen LogP contribution < -0.4 is 5.32 Å². The molecule has 0 aromatic heterocycles. The fraction of sp³-hybridized carbons (Fsp3) is 0.889. The molecule has 0 radical (unpaired) electrons. The van der Waals surface area contributed by atoms with Gasteiger partial charge in [-0.25, -0.2) is 0 Å². The molecule has 66 valence electrons. The summed E-state index contributed by atoms with van der Waals surface area (Å²) in [5.41, 5.74) is 0. The van der Waals surface area contributed by atoms with Crippen molar-refractivity contribution in [2.24, 2.45) is 0 Å². The summed E-state index contributed by atoms with van der Waals surface area (Å²) >= 11 is 5.12. The molecule has 0 fully saturated rings. The maximum absolute atomic E-state index is 5.12. The van der Waals surface area contributed by atoms with Crippen LogP contribution in [-0.2, 0) is 0 Å². The summed E-state index contributed by atoms with van der Waals surface area (Å²) in [6.07, 6.45) is 5.98. The molecule has 0 aliphatic heterocycles. The Kier molecular flexibility index (Phi) is 7.91. The Morgan fingerprint density at radius 3 is 2.36 bits per heavy atom. The fourth-order valence-electron chi connectivity index (χ4n) is 0.830. The molecular weight excluding hydrogens is 154 g/mol. The first-order valence-corrected chi connectivity index (χ1v) is 4.98. The smallest absolute Gasteiger partial charge is 0.0753 e. The molecule has 0 heterocycles. The summed E-state index contributed by atoms with van der Waals surface area (Å²) < 4.78 is 0. The number of hydrogen-bond donors (Lipinski definition) is 1. The lowest BCUT2D eigenvalue weighted by atomic mass is 10.2. The molecule has 0 aromatic carbocycles. The van der Waals surface area contributed by atoms with Crippen LogP contribution in [0.5, 0.6) is 0 Å². The van der Waals surface area contributed by atoms with Crippen LogP contribution in [0.15, 0.2) is 0 Å². The average Bonchev–Trinajstić information content (AvgIpc) is 2.01. The van der Waals surface area contributed by atoms with E-state index in [2.05, 4.69) is 19.2 Å². The van der Waals surface area contributed by atoms with E-state index in [0.717, 1.165) is 18.0 Å². The van der Waals surface area contributed by atoms with Crippen molar-refractivity contribution in [3.8, 4) is 0 Å². The largest absolute Gasteiger partial charge is 0.380 e. The van der Waals surface area contributed by atoms with Crippen molar-refractivity contribution < 1.29 is 0 Å². The molecule has 0 rings (SSSR count). The summed E-state index contributed by atoms with van der Waals surface area (Å²) in [7, 11) is 0. The van der Waals surface area contributed by atoms with Crippen LogP contribution in [0.2, 0.25) is 0 Å². The minimum atomic E-state index is 1.04. The third kappa shape index (κ3) is 7.79. The normalized spacial score (nSPS) is 9.64. The van der Waals surface area contributed by atoms with Gasteiger partial charge in [-0.05, 0) is 19.3 Å². The van der Waals surface area contributed by atoms with Crippen LogP contribution in [0.25, 0.3) is 0 Å². The Hall–Kier alpha value is -0.110. The van der Waals surface area contributed by atoms with Gasteiger partial charge in [-0.2, -0.15) is 0 Å². The van der Waals surface area contributed by atoms with Crippen molar-refractivity contribution in [3.05, 3.63) is 0 Å². The zero-order valence-electron chi connectivity index (χ0n) is 7.65.